The number of sulfonamides is 1. The molecule has 3 aromatic rings. The van der Waals surface area contributed by atoms with Gasteiger partial charge in [-0.05, 0) is 62.9 Å². The Bertz CT molecular complexity index is 1490. The summed E-state index contributed by atoms with van der Waals surface area (Å²) in [5, 5.41) is 3.37. The van der Waals surface area contributed by atoms with Crippen molar-refractivity contribution in [2.24, 2.45) is 0 Å². The Morgan fingerprint density at radius 3 is 2.26 bits per heavy atom. The quantitative estimate of drug-likeness (QED) is 0.272. The Kier molecular flexibility index (Phi) is 10.7. The van der Waals surface area contributed by atoms with E-state index in [2.05, 4.69) is 5.32 Å². The average molecular weight is 610 g/mol. The second-order valence-corrected chi connectivity index (χ2v) is 13.3. The van der Waals surface area contributed by atoms with Crippen LogP contribution in [0.4, 0.5) is 5.69 Å². The number of nitrogens with one attached hydrogen (secondary N) is 1. The summed E-state index contributed by atoms with van der Waals surface area (Å²) in [6.45, 7) is 5.36. The van der Waals surface area contributed by atoms with Crippen LogP contribution >= 0.6 is 11.6 Å². The molecule has 0 aromatic heterocycles. The molecule has 1 N–H and O–H groups in total. The van der Waals surface area contributed by atoms with E-state index in [1.54, 1.807) is 36.4 Å². The molecular formula is C33H40ClN3O4S. The molecule has 4 rings (SSSR count). The van der Waals surface area contributed by atoms with Crippen molar-refractivity contribution >= 4 is 39.1 Å². The number of aryl methyl sites for hydroxylation is 2. The third kappa shape index (κ3) is 7.72. The van der Waals surface area contributed by atoms with Crippen molar-refractivity contribution < 1.29 is 18.0 Å². The molecular weight excluding hydrogens is 570 g/mol. The van der Waals surface area contributed by atoms with Crippen molar-refractivity contribution in [3.8, 4) is 0 Å². The summed E-state index contributed by atoms with van der Waals surface area (Å²) in [6, 6.07) is 20.1. The number of anilines is 1. The summed E-state index contributed by atoms with van der Waals surface area (Å²) >= 11 is 6.50. The fourth-order valence-corrected chi connectivity index (χ4v) is 7.20. The zero-order valence-corrected chi connectivity index (χ0v) is 26.1. The molecule has 1 unspecified atom stereocenters. The highest BCUT2D eigenvalue weighted by atomic mass is 35.5. The highest BCUT2D eigenvalue weighted by Crippen LogP contribution is 2.31. The van der Waals surface area contributed by atoms with Gasteiger partial charge in [0.2, 0.25) is 11.8 Å². The van der Waals surface area contributed by atoms with Gasteiger partial charge in [0, 0.05) is 12.6 Å². The molecule has 3 aromatic carbocycles. The molecule has 0 bridgehead atoms. The Hall–Kier alpha value is -3.36. The third-order valence-corrected chi connectivity index (χ3v) is 9.88. The number of benzene rings is 3. The molecule has 1 fully saturated rings. The van der Waals surface area contributed by atoms with Gasteiger partial charge < -0.3 is 10.2 Å². The maximum absolute atomic E-state index is 14.3. The van der Waals surface area contributed by atoms with Crippen LogP contribution < -0.4 is 9.62 Å². The molecule has 2 amide bonds. The second kappa shape index (κ2) is 14.2. The predicted octanol–water partition coefficient (Wildman–Crippen LogP) is 6.41. The summed E-state index contributed by atoms with van der Waals surface area (Å²) in [5.41, 5.74) is 2.99. The van der Waals surface area contributed by atoms with Gasteiger partial charge in [0.15, 0.2) is 0 Å². The number of halogens is 1. The monoisotopic (exact) mass is 609 g/mol. The molecule has 1 aliphatic rings. The number of para-hydroxylation sites is 1. The van der Waals surface area contributed by atoms with Gasteiger partial charge in [-0.15, -0.1) is 0 Å². The molecule has 0 saturated heterocycles. The van der Waals surface area contributed by atoms with Crippen LogP contribution in [0.5, 0.6) is 0 Å². The van der Waals surface area contributed by atoms with Crippen LogP contribution in [0.3, 0.4) is 0 Å². The average Bonchev–Trinajstić information content (AvgIpc) is 2.97. The fourth-order valence-electron chi connectivity index (χ4n) is 5.48. The van der Waals surface area contributed by atoms with Crippen LogP contribution in [-0.2, 0) is 26.2 Å². The Balaban J connectivity index is 1.71. The minimum Gasteiger partial charge on any atom is -0.352 e. The normalized spacial score (nSPS) is 14.7. The largest absolute Gasteiger partial charge is 0.352 e. The molecule has 9 heteroatoms. The minimum absolute atomic E-state index is 0.0492. The molecule has 7 nitrogen and oxygen atoms in total. The van der Waals surface area contributed by atoms with Crippen LogP contribution in [0.25, 0.3) is 0 Å². The molecule has 1 aliphatic carbocycles. The number of carbonyl (C=O) groups is 2. The van der Waals surface area contributed by atoms with Gasteiger partial charge in [0.1, 0.15) is 12.6 Å². The molecule has 1 atom stereocenters. The first-order valence-electron chi connectivity index (χ1n) is 14.6. The SMILES string of the molecule is CCC(C(=O)NC1CCCCC1)N(Cc1cccc(C)c1)C(=O)CN(c1ccccc1Cl)S(=O)(=O)c1ccc(C)cc1. The van der Waals surface area contributed by atoms with Crippen molar-refractivity contribution in [2.75, 3.05) is 10.8 Å². The fraction of sp³-hybridized carbons (Fsp3) is 0.394. The van der Waals surface area contributed by atoms with E-state index in [1.807, 2.05) is 45.0 Å². The van der Waals surface area contributed by atoms with Crippen LogP contribution in [0.15, 0.2) is 77.7 Å². The summed E-state index contributed by atoms with van der Waals surface area (Å²) in [5.74, 6) is -0.700. The van der Waals surface area contributed by atoms with E-state index < -0.39 is 28.5 Å². The van der Waals surface area contributed by atoms with Crippen LogP contribution in [0.1, 0.15) is 62.1 Å². The van der Waals surface area contributed by atoms with Crippen molar-refractivity contribution in [2.45, 2.75) is 82.8 Å². The van der Waals surface area contributed by atoms with Gasteiger partial charge in [-0.1, -0.05) is 97.4 Å². The van der Waals surface area contributed by atoms with Crippen LogP contribution in [-0.4, -0.2) is 43.8 Å². The zero-order chi connectivity index (χ0) is 30.3. The smallest absolute Gasteiger partial charge is 0.264 e. The molecule has 0 radical (unpaired) electrons. The first-order valence-corrected chi connectivity index (χ1v) is 16.4. The van der Waals surface area contributed by atoms with Crippen molar-refractivity contribution in [1.82, 2.24) is 10.2 Å². The Labute approximate surface area is 254 Å². The van der Waals surface area contributed by atoms with Gasteiger partial charge in [0.05, 0.1) is 15.6 Å². The van der Waals surface area contributed by atoms with E-state index in [-0.39, 0.29) is 34.1 Å². The first kappa shape index (κ1) is 31.6. The lowest BCUT2D eigenvalue weighted by Crippen LogP contribution is -2.54. The first-order chi connectivity index (χ1) is 20.1. The second-order valence-electron chi connectivity index (χ2n) is 11.1. The van der Waals surface area contributed by atoms with Crippen LogP contribution in [0, 0.1) is 13.8 Å². The highest BCUT2D eigenvalue weighted by Gasteiger charge is 2.35. The number of amides is 2. The third-order valence-electron chi connectivity index (χ3n) is 7.78. The van der Waals surface area contributed by atoms with E-state index >= 15 is 0 Å². The number of carbonyl (C=O) groups excluding carboxylic acids is 2. The standard InChI is InChI=1S/C33H40ClN3O4S/c1-4-30(33(39)35-27-13-6-5-7-14-27)36(22-26-12-10-11-25(3)21-26)32(38)23-37(31-16-9-8-15-29(31)34)42(40,41)28-19-17-24(2)18-20-28/h8-12,15-21,27,30H,4-7,13-14,22-23H2,1-3H3,(H,35,39). The Morgan fingerprint density at radius 2 is 1.62 bits per heavy atom. The maximum Gasteiger partial charge on any atom is 0.264 e. The predicted molar refractivity (Wildman–Crippen MR) is 168 cm³/mol. The molecule has 224 valence electrons. The van der Waals surface area contributed by atoms with Gasteiger partial charge in [0.25, 0.3) is 10.0 Å². The number of hydrogen-bond donors (Lipinski definition) is 1. The van der Waals surface area contributed by atoms with E-state index in [0.717, 1.165) is 53.1 Å². The lowest BCUT2D eigenvalue weighted by molar-refractivity contribution is -0.140. The number of rotatable bonds is 11. The molecule has 0 aliphatic heterocycles. The minimum atomic E-state index is -4.18. The summed E-state index contributed by atoms with van der Waals surface area (Å²) in [6.07, 6.45) is 5.52. The van der Waals surface area contributed by atoms with E-state index in [0.29, 0.717) is 6.42 Å². The zero-order valence-electron chi connectivity index (χ0n) is 24.6. The summed E-state index contributed by atoms with van der Waals surface area (Å²) in [7, 11) is -4.18. The van der Waals surface area contributed by atoms with E-state index in [9.17, 15) is 18.0 Å². The lowest BCUT2D eigenvalue weighted by Gasteiger charge is -2.34. The lowest BCUT2D eigenvalue weighted by atomic mass is 9.95. The molecule has 42 heavy (non-hydrogen) atoms. The molecule has 1 saturated carbocycles. The summed E-state index contributed by atoms with van der Waals surface area (Å²) in [4.78, 5) is 29.5. The van der Waals surface area contributed by atoms with Gasteiger partial charge in [-0.3, -0.25) is 13.9 Å². The van der Waals surface area contributed by atoms with Gasteiger partial charge >= 0.3 is 0 Å². The van der Waals surface area contributed by atoms with E-state index in [1.165, 1.54) is 17.0 Å². The Morgan fingerprint density at radius 1 is 0.929 bits per heavy atom. The van der Waals surface area contributed by atoms with Gasteiger partial charge in [-0.25, -0.2) is 8.42 Å². The number of hydrogen-bond acceptors (Lipinski definition) is 4. The van der Waals surface area contributed by atoms with Crippen molar-refractivity contribution in [3.63, 3.8) is 0 Å². The maximum atomic E-state index is 14.3. The molecule has 0 heterocycles. The van der Waals surface area contributed by atoms with E-state index in [4.69, 9.17) is 11.6 Å². The van der Waals surface area contributed by atoms with Crippen molar-refractivity contribution in [1.29, 1.82) is 0 Å². The molecule has 0 spiro atoms. The topological polar surface area (TPSA) is 86.8 Å². The summed E-state index contributed by atoms with van der Waals surface area (Å²) < 4.78 is 29.1. The van der Waals surface area contributed by atoms with Crippen LogP contribution in [0.2, 0.25) is 5.02 Å². The highest BCUT2D eigenvalue weighted by molar-refractivity contribution is 7.92. The van der Waals surface area contributed by atoms with Gasteiger partial charge in [-0.2, -0.15) is 0 Å². The van der Waals surface area contributed by atoms with Crippen molar-refractivity contribution in [3.05, 3.63) is 94.5 Å². The number of nitrogens with zero attached hydrogens (tertiary/aromatic N) is 2.